The van der Waals surface area contributed by atoms with E-state index >= 15 is 0 Å². The number of aliphatic hydroxyl groups is 1. The average Bonchev–Trinajstić information content (AvgIpc) is 2.14. The number of nitrogens with one attached hydrogen (secondary N) is 1. The molecule has 0 atom stereocenters. The maximum absolute atomic E-state index is 13.6. The third kappa shape index (κ3) is 3.76. The first-order valence-electron chi connectivity index (χ1n) is 5.55. The quantitative estimate of drug-likeness (QED) is 0.895. The molecule has 0 unspecified atom stereocenters. The first-order chi connectivity index (χ1) is 7.63. The summed E-state index contributed by atoms with van der Waals surface area (Å²) in [6.07, 6.45) is 0. The highest BCUT2D eigenvalue weighted by Crippen LogP contribution is 2.22. The van der Waals surface area contributed by atoms with E-state index in [0.29, 0.717) is 12.1 Å². The monoisotopic (exact) mass is 303 g/mol. The van der Waals surface area contributed by atoms with E-state index in [1.54, 1.807) is 26.0 Å². The van der Waals surface area contributed by atoms with Crippen LogP contribution in [0.15, 0.2) is 22.7 Å². The maximum Gasteiger partial charge on any atom is 0.128 e. The van der Waals surface area contributed by atoms with Gasteiger partial charge < -0.3 is 10.4 Å². The molecule has 4 heteroatoms. The van der Waals surface area contributed by atoms with Gasteiger partial charge in [0.1, 0.15) is 5.82 Å². The van der Waals surface area contributed by atoms with Crippen LogP contribution in [-0.4, -0.2) is 16.2 Å². The van der Waals surface area contributed by atoms with Crippen LogP contribution < -0.4 is 5.32 Å². The lowest BCUT2D eigenvalue weighted by molar-refractivity contribution is -0.00543. The molecule has 0 aromatic heterocycles. The van der Waals surface area contributed by atoms with Crippen molar-refractivity contribution in [3.05, 3.63) is 34.1 Å². The molecule has 2 nitrogen and oxygen atoms in total. The minimum absolute atomic E-state index is 0.251. The summed E-state index contributed by atoms with van der Waals surface area (Å²) >= 11 is 3.22. The van der Waals surface area contributed by atoms with Gasteiger partial charge in [0.2, 0.25) is 0 Å². The van der Waals surface area contributed by atoms with Crippen molar-refractivity contribution < 1.29 is 9.50 Å². The third-order valence-corrected chi connectivity index (χ3v) is 3.76. The van der Waals surface area contributed by atoms with Crippen LogP contribution in [0.5, 0.6) is 0 Å². The molecule has 0 aliphatic heterocycles. The van der Waals surface area contributed by atoms with Gasteiger partial charge in [-0.2, -0.15) is 0 Å². The van der Waals surface area contributed by atoms with Gasteiger partial charge in [-0.3, -0.25) is 0 Å². The van der Waals surface area contributed by atoms with Crippen molar-refractivity contribution >= 4 is 15.9 Å². The Hall–Kier alpha value is -0.450. The highest BCUT2D eigenvalue weighted by atomic mass is 79.9. The molecule has 96 valence electrons. The molecule has 0 radical (unpaired) electrons. The van der Waals surface area contributed by atoms with E-state index in [9.17, 15) is 9.50 Å². The Kier molecular flexibility index (Phi) is 4.33. The van der Waals surface area contributed by atoms with Gasteiger partial charge in [-0.15, -0.1) is 0 Å². The Labute approximate surface area is 110 Å². The van der Waals surface area contributed by atoms with Gasteiger partial charge in [0, 0.05) is 22.1 Å². The molecule has 0 amide bonds. The molecule has 0 heterocycles. The van der Waals surface area contributed by atoms with E-state index in [4.69, 9.17) is 0 Å². The summed E-state index contributed by atoms with van der Waals surface area (Å²) in [6, 6.07) is 4.97. The van der Waals surface area contributed by atoms with Crippen molar-refractivity contribution in [3.8, 4) is 0 Å². The lowest BCUT2D eigenvalue weighted by Crippen LogP contribution is -2.55. The summed E-state index contributed by atoms with van der Waals surface area (Å²) in [6.45, 7) is 7.64. The zero-order chi connectivity index (χ0) is 13.3. The second-order valence-corrected chi connectivity index (χ2v) is 6.19. The van der Waals surface area contributed by atoms with Crippen LogP contribution in [0.1, 0.15) is 33.3 Å². The Morgan fingerprint density at radius 3 is 2.35 bits per heavy atom. The first-order valence-corrected chi connectivity index (χ1v) is 6.34. The summed E-state index contributed by atoms with van der Waals surface area (Å²) < 4.78 is 14.3. The van der Waals surface area contributed by atoms with Gasteiger partial charge in [0.25, 0.3) is 0 Å². The third-order valence-electron chi connectivity index (χ3n) is 3.27. The molecule has 0 aliphatic rings. The first kappa shape index (κ1) is 14.6. The number of hydrogen-bond donors (Lipinski definition) is 2. The lowest BCUT2D eigenvalue weighted by atomic mass is 9.86. The number of benzene rings is 1. The lowest BCUT2D eigenvalue weighted by Gasteiger charge is -2.38. The largest absolute Gasteiger partial charge is 0.389 e. The average molecular weight is 304 g/mol. The molecule has 2 N–H and O–H groups in total. The van der Waals surface area contributed by atoms with E-state index in [-0.39, 0.29) is 5.82 Å². The molecule has 1 rings (SSSR count). The molecule has 1 aromatic rings. The molecule has 0 bridgehead atoms. The summed E-state index contributed by atoms with van der Waals surface area (Å²) in [4.78, 5) is 0. The van der Waals surface area contributed by atoms with Gasteiger partial charge in [0.15, 0.2) is 0 Å². The predicted octanol–water partition coefficient (Wildman–Crippen LogP) is 3.23. The molecular formula is C13H19BrFNO. The highest BCUT2D eigenvalue weighted by Gasteiger charge is 2.34. The van der Waals surface area contributed by atoms with Crippen LogP contribution in [0.25, 0.3) is 0 Å². The fraction of sp³-hybridized carbons (Fsp3) is 0.538. The zero-order valence-electron chi connectivity index (χ0n) is 10.6. The van der Waals surface area contributed by atoms with Crippen LogP contribution in [0, 0.1) is 5.82 Å². The van der Waals surface area contributed by atoms with Gasteiger partial charge in [-0.1, -0.05) is 22.0 Å². The smallest absolute Gasteiger partial charge is 0.128 e. The Morgan fingerprint density at radius 2 is 1.88 bits per heavy atom. The Bertz CT molecular complexity index is 399. The summed E-state index contributed by atoms with van der Waals surface area (Å²) in [7, 11) is 0. The molecule has 0 spiro atoms. The van der Waals surface area contributed by atoms with Crippen molar-refractivity contribution in [3.63, 3.8) is 0 Å². The van der Waals surface area contributed by atoms with E-state index < -0.39 is 11.1 Å². The summed E-state index contributed by atoms with van der Waals surface area (Å²) in [5.41, 5.74) is -0.781. The van der Waals surface area contributed by atoms with Crippen LogP contribution in [0.3, 0.4) is 0 Å². The molecular weight excluding hydrogens is 285 g/mol. The Morgan fingerprint density at radius 1 is 1.29 bits per heavy atom. The van der Waals surface area contributed by atoms with Crippen molar-refractivity contribution in [1.82, 2.24) is 5.32 Å². The molecule has 1 aromatic carbocycles. The van der Waals surface area contributed by atoms with E-state index in [2.05, 4.69) is 21.2 Å². The molecule has 0 saturated heterocycles. The summed E-state index contributed by atoms with van der Waals surface area (Å²) in [5, 5.41) is 13.1. The molecule has 17 heavy (non-hydrogen) atoms. The maximum atomic E-state index is 13.6. The second-order valence-electron chi connectivity index (χ2n) is 5.27. The van der Waals surface area contributed by atoms with Crippen LogP contribution in [0.4, 0.5) is 4.39 Å². The van der Waals surface area contributed by atoms with Crippen molar-refractivity contribution in [2.24, 2.45) is 0 Å². The zero-order valence-corrected chi connectivity index (χ0v) is 12.2. The normalized spacial score (nSPS) is 12.9. The van der Waals surface area contributed by atoms with Gasteiger partial charge >= 0.3 is 0 Å². The van der Waals surface area contributed by atoms with Gasteiger partial charge in [0.05, 0.1) is 5.60 Å². The Balaban J connectivity index is 2.74. The minimum atomic E-state index is -0.876. The molecule has 0 fully saturated rings. The van der Waals surface area contributed by atoms with Crippen molar-refractivity contribution in [1.29, 1.82) is 0 Å². The van der Waals surface area contributed by atoms with Crippen LogP contribution in [-0.2, 0) is 6.54 Å². The van der Waals surface area contributed by atoms with E-state index in [0.717, 1.165) is 4.47 Å². The SMILES string of the molecule is CC(C)(O)C(C)(C)NCc1ccc(Br)cc1F. The molecule has 0 aliphatic carbocycles. The standard InChI is InChI=1S/C13H19BrFNO/c1-12(2,13(3,4)17)16-8-9-5-6-10(14)7-11(9)15/h5-7,16-17H,8H2,1-4H3. The molecule has 0 saturated carbocycles. The summed E-state index contributed by atoms with van der Waals surface area (Å²) in [5.74, 6) is -0.251. The van der Waals surface area contributed by atoms with E-state index in [1.165, 1.54) is 6.07 Å². The van der Waals surface area contributed by atoms with E-state index in [1.807, 2.05) is 13.8 Å². The number of hydrogen-bond acceptors (Lipinski definition) is 2. The van der Waals surface area contributed by atoms with Crippen molar-refractivity contribution in [2.75, 3.05) is 0 Å². The fourth-order valence-corrected chi connectivity index (χ4v) is 1.53. The van der Waals surface area contributed by atoms with Gasteiger partial charge in [-0.25, -0.2) is 4.39 Å². The highest BCUT2D eigenvalue weighted by molar-refractivity contribution is 9.10. The van der Waals surface area contributed by atoms with Crippen LogP contribution >= 0.6 is 15.9 Å². The van der Waals surface area contributed by atoms with Gasteiger partial charge in [-0.05, 0) is 39.8 Å². The second kappa shape index (κ2) is 5.04. The number of halogens is 2. The topological polar surface area (TPSA) is 32.3 Å². The number of rotatable bonds is 4. The van der Waals surface area contributed by atoms with Crippen molar-refractivity contribution in [2.45, 2.75) is 45.4 Å². The van der Waals surface area contributed by atoms with Crippen LogP contribution in [0.2, 0.25) is 0 Å². The predicted molar refractivity (Wildman–Crippen MR) is 71.3 cm³/mol. The fourth-order valence-electron chi connectivity index (χ4n) is 1.20. The minimum Gasteiger partial charge on any atom is -0.389 e.